The van der Waals surface area contributed by atoms with E-state index in [0.717, 1.165) is 12.5 Å². The highest BCUT2D eigenvalue weighted by Crippen LogP contribution is 2.06. The molecule has 1 aliphatic carbocycles. The molecule has 62 valence electrons. The van der Waals surface area contributed by atoms with Gasteiger partial charge >= 0.3 is 0 Å². The Morgan fingerprint density at radius 1 is 1.45 bits per heavy atom. The molecule has 1 heteroatoms. The van der Waals surface area contributed by atoms with Gasteiger partial charge in [0.2, 0.25) is 0 Å². The molecule has 1 N–H and O–H groups in total. The third kappa shape index (κ3) is 3.26. The van der Waals surface area contributed by atoms with Crippen molar-refractivity contribution in [3.8, 4) is 0 Å². The monoisotopic (exact) mass is 151 g/mol. The van der Waals surface area contributed by atoms with Crippen LogP contribution in [-0.4, -0.2) is 6.54 Å². The van der Waals surface area contributed by atoms with Crippen LogP contribution in [0, 0.1) is 5.92 Å². The largest absolute Gasteiger partial charge is 0.385 e. The summed E-state index contributed by atoms with van der Waals surface area (Å²) in [5.74, 6) is 0.728. The van der Waals surface area contributed by atoms with E-state index in [1.807, 2.05) is 0 Å². The zero-order valence-corrected chi connectivity index (χ0v) is 7.43. The second kappa shape index (κ2) is 4.22. The summed E-state index contributed by atoms with van der Waals surface area (Å²) in [5, 5.41) is 3.40. The Morgan fingerprint density at radius 3 is 2.82 bits per heavy atom. The van der Waals surface area contributed by atoms with Gasteiger partial charge in [-0.1, -0.05) is 26.0 Å². The zero-order chi connectivity index (χ0) is 8.10. The first-order chi connectivity index (χ1) is 5.29. The minimum Gasteiger partial charge on any atom is -0.385 e. The normalized spacial score (nSPS) is 16.8. The molecule has 0 radical (unpaired) electrons. The SMILES string of the molecule is CC(C)CNC1=CCCC=C1. The summed E-state index contributed by atoms with van der Waals surface area (Å²) < 4.78 is 0. The molecular formula is C10H17N. The number of nitrogens with one attached hydrogen (secondary N) is 1. The maximum atomic E-state index is 3.40. The van der Waals surface area contributed by atoms with Gasteiger partial charge in [0, 0.05) is 12.2 Å². The summed E-state index contributed by atoms with van der Waals surface area (Å²) in [6.45, 7) is 5.52. The van der Waals surface area contributed by atoms with Gasteiger partial charge < -0.3 is 5.32 Å². The molecule has 0 aromatic rings. The molecule has 0 bridgehead atoms. The highest BCUT2D eigenvalue weighted by atomic mass is 14.9. The number of rotatable bonds is 3. The minimum absolute atomic E-state index is 0.728. The van der Waals surface area contributed by atoms with E-state index in [1.54, 1.807) is 0 Å². The Labute approximate surface area is 69.2 Å². The van der Waals surface area contributed by atoms with Crippen LogP contribution in [0.3, 0.4) is 0 Å². The molecule has 0 unspecified atom stereocenters. The van der Waals surface area contributed by atoms with Crippen LogP contribution in [0.25, 0.3) is 0 Å². The number of hydrogen-bond acceptors (Lipinski definition) is 1. The van der Waals surface area contributed by atoms with Crippen molar-refractivity contribution in [2.24, 2.45) is 5.92 Å². The fourth-order valence-corrected chi connectivity index (χ4v) is 1.07. The van der Waals surface area contributed by atoms with E-state index in [9.17, 15) is 0 Å². The van der Waals surface area contributed by atoms with E-state index in [0.29, 0.717) is 0 Å². The summed E-state index contributed by atoms with van der Waals surface area (Å²) in [6.07, 6.45) is 9.06. The average Bonchev–Trinajstić information content (AvgIpc) is 2.03. The molecule has 0 heterocycles. The topological polar surface area (TPSA) is 12.0 Å². The minimum atomic E-state index is 0.728. The van der Waals surface area contributed by atoms with Gasteiger partial charge in [-0.25, -0.2) is 0 Å². The lowest BCUT2D eigenvalue weighted by Crippen LogP contribution is -2.18. The molecule has 0 spiro atoms. The molecule has 1 aliphatic rings. The van der Waals surface area contributed by atoms with E-state index < -0.39 is 0 Å². The summed E-state index contributed by atoms with van der Waals surface area (Å²) in [6, 6.07) is 0. The average molecular weight is 151 g/mol. The van der Waals surface area contributed by atoms with Gasteiger partial charge in [0.05, 0.1) is 0 Å². The van der Waals surface area contributed by atoms with Crippen molar-refractivity contribution in [3.63, 3.8) is 0 Å². The fourth-order valence-electron chi connectivity index (χ4n) is 1.07. The van der Waals surface area contributed by atoms with Crippen molar-refractivity contribution in [2.75, 3.05) is 6.54 Å². The third-order valence-corrected chi connectivity index (χ3v) is 1.71. The van der Waals surface area contributed by atoms with Crippen molar-refractivity contribution in [2.45, 2.75) is 26.7 Å². The Bertz CT molecular complexity index is 166. The van der Waals surface area contributed by atoms with Crippen LogP contribution < -0.4 is 5.32 Å². The van der Waals surface area contributed by atoms with Crippen LogP contribution in [0.1, 0.15) is 26.7 Å². The molecule has 0 amide bonds. The van der Waals surface area contributed by atoms with Gasteiger partial charge in [-0.2, -0.15) is 0 Å². The van der Waals surface area contributed by atoms with Crippen molar-refractivity contribution >= 4 is 0 Å². The smallest absolute Gasteiger partial charge is 0.0296 e. The molecule has 0 aliphatic heterocycles. The quantitative estimate of drug-likeness (QED) is 0.653. The van der Waals surface area contributed by atoms with Gasteiger partial charge in [-0.15, -0.1) is 0 Å². The lowest BCUT2D eigenvalue weighted by atomic mass is 10.1. The molecule has 0 fully saturated rings. The Kier molecular flexibility index (Phi) is 3.21. The molecule has 0 aromatic heterocycles. The predicted octanol–water partition coefficient (Wildman–Crippen LogP) is 2.47. The lowest BCUT2D eigenvalue weighted by molar-refractivity contribution is 0.599. The first-order valence-electron chi connectivity index (χ1n) is 4.39. The van der Waals surface area contributed by atoms with Crippen molar-refractivity contribution < 1.29 is 0 Å². The number of allylic oxidation sites excluding steroid dienone is 3. The van der Waals surface area contributed by atoms with E-state index in [4.69, 9.17) is 0 Å². The zero-order valence-electron chi connectivity index (χ0n) is 7.43. The van der Waals surface area contributed by atoms with Crippen molar-refractivity contribution in [1.82, 2.24) is 5.32 Å². The Hall–Kier alpha value is -0.720. The van der Waals surface area contributed by atoms with Crippen LogP contribution >= 0.6 is 0 Å². The van der Waals surface area contributed by atoms with E-state index >= 15 is 0 Å². The highest BCUT2D eigenvalue weighted by molar-refractivity contribution is 5.20. The summed E-state index contributed by atoms with van der Waals surface area (Å²) in [4.78, 5) is 0. The van der Waals surface area contributed by atoms with Crippen LogP contribution in [-0.2, 0) is 0 Å². The van der Waals surface area contributed by atoms with Gasteiger partial charge in [-0.3, -0.25) is 0 Å². The van der Waals surface area contributed by atoms with Crippen molar-refractivity contribution in [3.05, 3.63) is 23.9 Å². The Balaban J connectivity index is 2.25. The number of hydrogen-bond donors (Lipinski definition) is 1. The molecule has 0 aromatic carbocycles. The standard InChI is InChI=1S/C10H17N/c1-9(2)8-11-10-6-4-3-5-7-10/h4,6-7,9,11H,3,5,8H2,1-2H3. The highest BCUT2D eigenvalue weighted by Gasteiger charge is 1.97. The van der Waals surface area contributed by atoms with E-state index in [-0.39, 0.29) is 0 Å². The van der Waals surface area contributed by atoms with Gasteiger partial charge in [0.1, 0.15) is 0 Å². The molecule has 0 atom stereocenters. The molecule has 11 heavy (non-hydrogen) atoms. The van der Waals surface area contributed by atoms with Gasteiger partial charge in [0.25, 0.3) is 0 Å². The van der Waals surface area contributed by atoms with E-state index in [2.05, 4.69) is 37.4 Å². The summed E-state index contributed by atoms with van der Waals surface area (Å²) in [7, 11) is 0. The second-order valence-electron chi connectivity index (χ2n) is 3.41. The molecule has 1 rings (SSSR count). The van der Waals surface area contributed by atoms with Crippen LogP contribution in [0.2, 0.25) is 0 Å². The first-order valence-corrected chi connectivity index (χ1v) is 4.39. The van der Waals surface area contributed by atoms with Crippen LogP contribution in [0.5, 0.6) is 0 Å². The maximum Gasteiger partial charge on any atom is 0.0296 e. The lowest BCUT2D eigenvalue weighted by Gasteiger charge is -2.11. The second-order valence-corrected chi connectivity index (χ2v) is 3.41. The van der Waals surface area contributed by atoms with Crippen LogP contribution in [0.4, 0.5) is 0 Å². The third-order valence-electron chi connectivity index (χ3n) is 1.71. The summed E-state index contributed by atoms with van der Waals surface area (Å²) >= 11 is 0. The first kappa shape index (κ1) is 8.38. The van der Waals surface area contributed by atoms with E-state index in [1.165, 1.54) is 18.5 Å². The van der Waals surface area contributed by atoms with Gasteiger partial charge in [0.15, 0.2) is 0 Å². The molecule has 0 saturated carbocycles. The molecular weight excluding hydrogens is 134 g/mol. The molecule has 0 saturated heterocycles. The summed E-state index contributed by atoms with van der Waals surface area (Å²) in [5.41, 5.74) is 1.30. The maximum absolute atomic E-state index is 3.40. The Morgan fingerprint density at radius 2 is 2.27 bits per heavy atom. The van der Waals surface area contributed by atoms with Gasteiger partial charge in [-0.05, 0) is 24.8 Å². The predicted molar refractivity (Wildman–Crippen MR) is 49.3 cm³/mol. The molecule has 1 nitrogen and oxygen atoms in total. The van der Waals surface area contributed by atoms with Crippen molar-refractivity contribution in [1.29, 1.82) is 0 Å². The fraction of sp³-hybridized carbons (Fsp3) is 0.600. The van der Waals surface area contributed by atoms with Crippen LogP contribution in [0.15, 0.2) is 23.9 Å².